The van der Waals surface area contributed by atoms with Crippen LogP contribution < -0.4 is 4.74 Å². The van der Waals surface area contributed by atoms with Gasteiger partial charge in [-0.2, -0.15) is 0 Å². The molecule has 0 spiro atoms. The van der Waals surface area contributed by atoms with Crippen molar-refractivity contribution < 1.29 is 29.3 Å². The van der Waals surface area contributed by atoms with E-state index in [9.17, 15) is 9.59 Å². The summed E-state index contributed by atoms with van der Waals surface area (Å²) in [6.45, 7) is 11.4. The minimum atomic E-state index is -1.26. The second-order valence-corrected chi connectivity index (χ2v) is 8.77. The molecule has 1 saturated heterocycles. The maximum Gasteiger partial charge on any atom is 0.328 e. The first-order valence-corrected chi connectivity index (χ1v) is 10.9. The fourth-order valence-electron chi connectivity index (χ4n) is 3.70. The van der Waals surface area contributed by atoms with Gasteiger partial charge in [-0.05, 0) is 71.2 Å². The van der Waals surface area contributed by atoms with Gasteiger partial charge in [0.15, 0.2) is 0 Å². The zero-order valence-electron chi connectivity index (χ0n) is 19.3. The molecular weight excluding hydrogens is 412 g/mol. The summed E-state index contributed by atoms with van der Waals surface area (Å²) in [5, 5.41) is 15.6. The normalized spacial score (nSPS) is 22.1. The minimum absolute atomic E-state index is 0.117. The van der Waals surface area contributed by atoms with Crippen LogP contribution in [0.15, 0.2) is 41.4 Å². The van der Waals surface area contributed by atoms with Crippen molar-refractivity contribution in [1.29, 1.82) is 0 Å². The molecule has 176 valence electrons. The first-order valence-electron chi connectivity index (χ1n) is 10.9. The van der Waals surface area contributed by atoms with Crippen molar-refractivity contribution in [2.45, 2.75) is 64.6 Å². The van der Waals surface area contributed by atoms with E-state index >= 15 is 0 Å². The second kappa shape index (κ2) is 11.7. The quantitative estimate of drug-likeness (QED) is 0.464. The van der Waals surface area contributed by atoms with Crippen molar-refractivity contribution in [3.8, 4) is 5.75 Å². The third-order valence-corrected chi connectivity index (χ3v) is 5.40. The average molecular weight is 447 g/mol. The summed E-state index contributed by atoms with van der Waals surface area (Å²) in [5.74, 6) is -0.859. The molecule has 2 heterocycles. The van der Waals surface area contributed by atoms with E-state index in [4.69, 9.17) is 19.7 Å². The third-order valence-electron chi connectivity index (χ3n) is 5.40. The minimum Gasteiger partial charge on any atom is -0.494 e. The van der Waals surface area contributed by atoms with E-state index in [0.29, 0.717) is 18.8 Å². The Hall–Kier alpha value is -2.87. The van der Waals surface area contributed by atoms with Crippen molar-refractivity contribution in [1.82, 2.24) is 4.90 Å². The summed E-state index contributed by atoms with van der Waals surface area (Å²) in [5.41, 5.74) is 0.904. The molecule has 1 aromatic rings. The van der Waals surface area contributed by atoms with Crippen LogP contribution in [-0.4, -0.2) is 70.3 Å². The Morgan fingerprint density at radius 3 is 2.16 bits per heavy atom. The largest absolute Gasteiger partial charge is 0.494 e. The van der Waals surface area contributed by atoms with Crippen LogP contribution in [-0.2, 0) is 14.3 Å². The molecular formula is C24H34N2O6. The molecule has 0 radical (unpaired) electrons. The number of benzene rings is 1. The predicted octanol–water partition coefficient (Wildman–Crippen LogP) is 3.60. The number of carbonyl (C=O) groups is 2. The van der Waals surface area contributed by atoms with E-state index in [2.05, 4.69) is 37.6 Å². The SMILES string of the molecule is CC1CCC(C)N1CCCOc1ccc(C2=NC(C)(C)CO2)cc1.O=C(O)/C=C\C(=O)O. The monoisotopic (exact) mass is 446 g/mol. The molecule has 0 amide bonds. The highest BCUT2D eigenvalue weighted by Gasteiger charge is 2.27. The zero-order chi connectivity index (χ0) is 23.7. The number of likely N-dealkylation sites (tertiary alicyclic amines) is 1. The van der Waals surface area contributed by atoms with Gasteiger partial charge in [-0.3, -0.25) is 4.90 Å². The van der Waals surface area contributed by atoms with Crippen molar-refractivity contribution in [3.63, 3.8) is 0 Å². The van der Waals surface area contributed by atoms with Gasteiger partial charge in [0.2, 0.25) is 5.90 Å². The number of rotatable bonds is 8. The number of aliphatic imine (C=N–C) groups is 1. The number of ether oxygens (including phenoxy) is 2. The standard InChI is InChI=1S/C20H30N2O2.C4H4O4/c1-15-6-7-16(2)22(15)12-5-13-23-18-10-8-17(9-11-18)19-21-20(3,4)14-24-19;5-3(6)1-2-4(7)8/h8-11,15-16H,5-7,12-14H2,1-4H3;1-2H,(H,5,6)(H,7,8)/b;2-1-. The van der Waals surface area contributed by atoms with Gasteiger partial charge in [0.05, 0.1) is 12.1 Å². The van der Waals surface area contributed by atoms with Gasteiger partial charge in [0.25, 0.3) is 0 Å². The van der Waals surface area contributed by atoms with E-state index in [1.54, 1.807) is 0 Å². The number of hydrogen-bond donors (Lipinski definition) is 2. The van der Waals surface area contributed by atoms with Crippen LogP contribution in [0.5, 0.6) is 5.75 Å². The van der Waals surface area contributed by atoms with Crippen molar-refractivity contribution >= 4 is 17.8 Å². The molecule has 0 bridgehead atoms. The molecule has 3 rings (SSSR count). The number of aliphatic carboxylic acids is 2. The zero-order valence-corrected chi connectivity index (χ0v) is 19.3. The molecule has 32 heavy (non-hydrogen) atoms. The first kappa shape index (κ1) is 25.4. The van der Waals surface area contributed by atoms with Gasteiger partial charge in [-0.1, -0.05) is 0 Å². The van der Waals surface area contributed by atoms with E-state index < -0.39 is 11.9 Å². The fourth-order valence-corrected chi connectivity index (χ4v) is 3.70. The van der Waals surface area contributed by atoms with Gasteiger partial charge in [-0.15, -0.1) is 0 Å². The molecule has 2 aliphatic rings. The topological polar surface area (TPSA) is 109 Å². The van der Waals surface area contributed by atoms with Crippen LogP contribution in [0.4, 0.5) is 0 Å². The van der Waals surface area contributed by atoms with Gasteiger partial charge in [0, 0.05) is 36.3 Å². The van der Waals surface area contributed by atoms with Gasteiger partial charge in [-0.25, -0.2) is 14.6 Å². The van der Waals surface area contributed by atoms with E-state index in [1.807, 2.05) is 24.3 Å². The maximum atomic E-state index is 9.55. The van der Waals surface area contributed by atoms with Crippen LogP contribution >= 0.6 is 0 Å². The highest BCUT2D eigenvalue weighted by molar-refractivity contribution is 5.95. The molecule has 1 fully saturated rings. The lowest BCUT2D eigenvalue weighted by molar-refractivity contribution is -0.134. The molecule has 2 unspecified atom stereocenters. The van der Waals surface area contributed by atoms with Gasteiger partial charge in [0.1, 0.15) is 12.4 Å². The molecule has 1 aromatic carbocycles. The van der Waals surface area contributed by atoms with Gasteiger partial charge >= 0.3 is 11.9 Å². The van der Waals surface area contributed by atoms with Gasteiger partial charge < -0.3 is 19.7 Å². The Bertz CT molecular complexity index is 805. The first-order chi connectivity index (χ1) is 15.1. The molecule has 2 N–H and O–H groups in total. The summed E-state index contributed by atoms with van der Waals surface area (Å²) in [6, 6.07) is 9.51. The molecule has 0 saturated carbocycles. The van der Waals surface area contributed by atoms with Crippen LogP contribution in [0, 0.1) is 0 Å². The smallest absolute Gasteiger partial charge is 0.328 e. The Kier molecular flexibility index (Phi) is 9.26. The molecule has 8 nitrogen and oxygen atoms in total. The molecule has 2 atom stereocenters. The van der Waals surface area contributed by atoms with Crippen LogP contribution in [0.1, 0.15) is 52.5 Å². The summed E-state index contributed by atoms with van der Waals surface area (Å²) >= 11 is 0. The Balaban J connectivity index is 0.000000390. The Labute approximate surface area is 189 Å². The maximum absolute atomic E-state index is 9.55. The molecule has 2 aliphatic heterocycles. The van der Waals surface area contributed by atoms with E-state index in [1.165, 1.54) is 12.8 Å². The van der Waals surface area contributed by atoms with Crippen LogP contribution in [0.25, 0.3) is 0 Å². The fraction of sp³-hybridized carbons (Fsp3) is 0.542. The van der Waals surface area contributed by atoms with Crippen molar-refractivity contribution in [2.24, 2.45) is 4.99 Å². The molecule has 0 aliphatic carbocycles. The highest BCUT2D eigenvalue weighted by atomic mass is 16.5. The second-order valence-electron chi connectivity index (χ2n) is 8.77. The summed E-state index contributed by atoms with van der Waals surface area (Å²) in [6.07, 6.45) is 4.84. The summed E-state index contributed by atoms with van der Waals surface area (Å²) in [7, 11) is 0. The average Bonchev–Trinajstić information content (AvgIpc) is 3.26. The lowest BCUT2D eigenvalue weighted by Gasteiger charge is -2.25. The van der Waals surface area contributed by atoms with Crippen LogP contribution in [0.2, 0.25) is 0 Å². The number of nitrogens with zero attached hydrogens (tertiary/aromatic N) is 2. The van der Waals surface area contributed by atoms with E-state index in [-0.39, 0.29) is 5.54 Å². The molecule has 8 heteroatoms. The summed E-state index contributed by atoms with van der Waals surface area (Å²) < 4.78 is 11.6. The van der Waals surface area contributed by atoms with Crippen molar-refractivity contribution in [3.05, 3.63) is 42.0 Å². The summed E-state index contributed by atoms with van der Waals surface area (Å²) in [4.78, 5) is 26.3. The number of carboxylic acid groups (broad SMARTS) is 2. The number of carboxylic acids is 2. The lowest BCUT2D eigenvalue weighted by Crippen LogP contribution is -2.34. The van der Waals surface area contributed by atoms with E-state index in [0.717, 1.165) is 48.9 Å². The Morgan fingerprint density at radius 1 is 1.12 bits per heavy atom. The number of hydrogen-bond acceptors (Lipinski definition) is 6. The van der Waals surface area contributed by atoms with Crippen LogP contribution in [0.3, 0.4) is 0 Å². The molecule has 0 aromatic heterocycles. The highest BCUT2D eigenvalue weighted by Crippen LogP contribution is 2.24. The predicted molar refractivity (Wildman–Crippen MR) is 122 cm³/mol. The lowest BCUT2D eigenvalue weighted by atomic mass is 10.1. The Morgan fingerprint density at radius 2 is 1.69 bits per heavy atom. The third kappa shape index (κ3) is 8.34. The van der Waals surface area contributed by atoms with Crippen molar-refractivity contribution in [2.75, 3.05) is 19.8 Å².